The number of benzene rings is 3. The van der Waals surface area contributed by atoms with E-state index in [1.807, 2.05) is 6.07 Å². The Morgan fingerprint density at radius 2 is 1.12 bits per heavy atom. The van der Waals surface area contributed by atoms with Gasteiger partial charge in [-0.25, -0.2) is 37.9 Å². The van der Waals surface area contributed by atoms with Crippen molar-refractivity contribution in [1.82, 2.24) is 40.4 Å². The first-order valence-corrected chi connectivity index (χ1v) is 21.7. The molecule has 2 saturated heterocycles. The summed E-state index contributed by atoms with van der Waals surface area (Å²) in [5, 5.41) is 28.4. The molecule has 73 heavy (non-hydrogen) atoms. The number of alkyl halides is 6. The quantitative estimate of drug-likeness (QED) is 0.0589. The number of nitrogens with one attached hydrogen (secondary N) is 4. The summed E-state index contributed by atoms with van der Waals surface area (Å²) in [7, 11) is 2.62. The van der Waals surface area contributed by atoms with Gasteiger partial charge in [0.2, 0.25) is 5.91 Å². The van der Waals surface area contributed by atoms with Gasteiger partial charge in [0.15, 0.2) is 0 Å². The van der Waals surface area contributed by atoms with Gasteiger partial charge in [0.1, 0.15) is 35.4 Å². The molecular weight excluding hydrogens is 993 g/mol. The van der Waals surface area contributed by atoms with E-state index >= 15 is 8.78 Å². The standard InChI is InChI=1S/C42H44F2N8O7.2C2HF3O2/c1-23(58-2)35(49-41(55)56)39(53)51-17-7-11-33(51)37-45-21-31(47-37)27-15-13-25(19-29(27)43)26-14-16-28(30(44)20-26)32-22-46-38(48-32)34-12-8-18-52(34)40(54)36(50-42(57)59-3)24-9-5-4-6-10-24;2*3-2(4,5)1(6)7/h4-6,9-10,13-16,19-23,33-36,49H,7-8,11-12,17-18H2,1-3H3,(H,45,47)(H,46,48)(H,50,57)(H,55,56);2*(H,6,7)/t23-,33+,34+,35+,36-;;/m1../s1. The van der Waals surface area contributed by atoms with Crippen LogP contribution in [0.5, 0.6) is 0 Å². The molecule has 0 radical (unpaired) electrons. The third kappa shape index (κ3) is 14.1. The molecule has 27 heteroatoms. The van der Waals surface area contributed by atoms with Crippen LogP contribution in [-0.2, 0) is 28.7 Å². The van der Waals surface area contributed by atoms with Crippen LogP contribution in [0.1, 0.15) is 67.9 Å². The molecule has 392 valence electrons. The molecule has 0 aliphatic carbocycles. The van der Waals surface area contributed by atoms with Gasteiger partial charge in [-0.1, -0.05) is 42.5 Å². The number of likely N-dealkylation sites (tertiary alicyclic amines) is 2. The Kier molecular flexibility index (Phi) is 18.3. The zero-order valence-electron chi connectivity index (χ0n) is 38.6. The number of aliphatic carboxylic acids is 2. The highest BCUT2D eigenvalue weighted by Gasteiger charge is 2.41. The number of amides is 4. The van der Waals surface area contributed by atoms with Crippen molar-refractivity contribution in [2.75, 3.05) is 27.3 Å². The first-order valence-electron chi connectivity index (χ1n) is 21.7. The van der Waals surface area contributed by atoms with Gasteiger partial charge in [-0.3, -0.25) is 9.59 Å². The molecule has 19 nitrogen and oxygen atoms in total. The number of nitrogens with zero attached hydrogens (tertiary/aromatic N) is 4. The second kappa shape index (κ2) is 23.9. The number of ether oxygens (including phenoxy) is 2. The fraction of sp³-hybridized carbons (Fsp3) is 0.348. The van der Waals surface area contributed by atoms with Crippen molar-refractivity contribution in [3.8, 4) is 33.6 Å². The summed E-state index contributed by atoms with van der Waals surface area (Å²) < 4.78 is 105. The van der Waals surface area contributed by atoms with Crippen LogP contribution in [0, 0.1) is 11.6 Å². The minimum absolute atomic E-state index is 0.222. The van der Waals surface area contributed by atoms with E-state index in [4.69, 9.17) is 29.3 Å². The number of H-pyrrole nitrogens is 2. The van der Waals surface area contributed by atoms with Crippen LogP contribution < -0.4 is 10.6 Å². The van der Waals surface area contributed by atoms with E-state index in [0.29, 0.717) is 78.5 Å². The molecule has 4 amide bonds. The zero-order chi connectivity index (χ0) is 53.9. The van der Waals surface area contributed by atoms with Crippen molar-refractivity contribution in [2.24, 2.45) is 0 Å². The summed E-state index contributed by atoms with van der Waals surface area (Å²) in [6, 6.07) is 15.0. The lowest BCUT2D eigenvalue weighted by atomic mass is 10.00. The molecule has 5 atom stereocenters. The largest absolute Gasteiger partial charge is 0.490 e. The average molecular weight is 1040 g/mol. The highest BCUT2D eigenvalue weighted by atomic mass is 19.4. The number of aromatic amines is 2. The molecule has 7 rings (SSSR count). The van der Waals surface area contributed by atoms with Gasteiger partial charge in [-0.05, 0) is 73.6 Å². The molecule has 5 aromatic rings. The molecule has 7 N–H and O–H groups in total. The Hall–Kier alpha value is -8.10. The van der Waals surface area contributed by atoms with Gasteiger partial charge in [0.25, 0.3) is 5.91 Å². The van der Waals surface area contributed by atoms with Crippen molar-refractivity contribution >= 4 is 35.9 Å². The Balaban J connectivity index is 0.000000619. The van der Waals surface area contributed by atoms with Crippen molar-refractivity contribution in [1.29, 1.82) is 0 Å². The highest BCUT2D eigenvalue weighted by Crippen LogP contribution is 2.37. The number of imidazole rings is 2. The molecule has 2 fully saturated rings. The fourth-order valence-corrected chi connectivity index (χ4v) is 7.84. The smallest absolute Gasteiger partial charge is 0.475 e. The summed E-state index contributed by atoms with van der Waals surface area (Å²) >= 11 is 0. The molecule has 3 aromatic carbocycles. The minimum Gasteiger partial charge on any atom is -0.475 e. The van der Waals surface area contributed by atoms with Crippen LogP contribution >= 0.6 is 0 Å². The predicted molar refractivity (Wildman–Crippen MR) is 238 cm³/mol. The monoisotopic (exact) mass is 1040 g/mol. The van der Waals surface area contributed by atoms with E-state index in [9.17, 15) is 50.6 Å². The number of methoxy groups -OCH3 is 2. The molecule has 0 spiro atoms. The van der Waals surface area contributed by atoms with Crippen molar-refractivity contribution < 1.29 is 88.7 Å². The lowest BCUT2D eigenvalue weighted by molar-refractivity contribution is -0.193. The zero-order valence-corrected chi connectivity index (χ0v) is 38.6. The Bertz CT molecular complexity index is 2750. The highest BCUT2D eigenvalue weighted by molar-refractivity contribution is 5.88. The summed E-state index contributed by atoms with van der Waals surface area (Å²) in [6.45, 7) is 2.43. The number of carboxylic acid groups (broad SMARTS) is 3. The van der Waals surface area contributed by atoms with Crippen LogP contribution in [-0.4, -0.2) is 133 Å². The number of carbonyl (C=O) groups is 6. The first-order chi connectivity index (χ1) is 34.4. The van der Waals surface area contributed by atoms with Crippen LogP contribution in [0.25, 0.3) is 33.6 Å². The molecule has 2 aliphatic rings. The number of carbonyl (C=O) groups excluding carboxylic acids is 3. The van der Waals surface area contributed by atoms with Crippen LogP contribution in [0.3, 0.4) is 0 Å². The van der Waals surface area contributed by atoms with Crippen molar-refractivity contribution in [2.45, 2.75) is 75.2 Å². The van der Waals surface area contributed by atoms with E-state index < -0.39 is 84.3 Å². The number of rotatable bonds is 12. The third-order valence-corrected chi connectivity index (χ3v) is 11.4. The number of hydrogen-bond donors (Lipinski definition) is 7. The van der Waals surface area contributed by atoms with Gasteiger partial charge in [-0.15, -0.1) is 0 Å². The van der Waals surface area contributed by atoms with Crippen molar-refractivity contribution in [3.05, 3.63) is 108 Å². The maximum absolute atomic E-state index is 15.8. The lowest BCUT2D eigenvalue weighted by Crippen LogP contribution is -2.53. The van der Waals surface area contributed by atoms with Gasteiger partial charge < -0.3 is 55.2 Å². The van der Waals surface area contributed by atoms with E-state index in [0.717, 1.165) is 0 Å². The summed E-state index contributed by atoms with van der Waals surface area (Å²) in [5.74, 6) is -6.51. The molecule has 0 saturated carbocycles. The normalized spacial score (nSPS) is 16.7. The minimum atomic E-state index is -5.08. The van der Waals surface area contributed by atoms with Gasteiger partial charge in [0, 0.05) is 31.3 Å². The van der Waals surface area contributed by atoms with E-state index in [2.05, 4.69) is 30.6 Å². The SMILES string of the molecule is COC(=O)N[C@@H](C(=O)N1CCC[C@H]1c1ncc(-c2ccc(-c3ccc(-c4cnc([C@@H]5CCCN5C(=O)[C@@H](NC(=O)O)[C@@H](C)OC)[nH]4)c(F)c3)cc2F)[nH]1)c1ccccc1.O=C(O)C(F)(F)F.O=C(O)C(F)(F)F. The molecule has 4 heterocycles. The maximum Gasteiger partial charge on any atom is 0.490 e. The van der Waals surface area contributed by atoms with Crippen molar-refractivity contribution in [3.63, 3.8) is 0 Å². The van der Waals surface area contributed by atoms with Gasteiger partial charge in [-0.2, -0.15) is 26.3 Å². The first kappa shape index (κ1) is 55.8. The van der Waals surface area contributed by atoms with Crippen LogP contribution in [0.2, 0.25) is 0 Å². The van der Waals surface area contributed by atoms with E-state index in [-0.39, 0.29) is 17.0 Å². The fourth-order valence-electron chi connectivity index (χ4n) is 7.84. The van der Waals surface area contributed by atoms with E-state index in [1.54, 1.807) is 65.3 Å². The third-order valence-electron chi connectivity index (χ3n) is 11.4. The number of halogens is 8. The Labute approximate surface area is 408 Å². The second-order valence-corrected chi connectivity index (χ2v) is 16.1. The topological polar surface area (TPSA) is 269 Å². The Morgan fingerprint density at radius 3 is 1.51 bits per heavy atom. The number of aromatic nitrogens is 4. The average Bonchev–Trinajstić information content (AvgIpc) is 4.20. The summed E-state index contributed by atoms with van der Waals surface area (Å²) in [4.78, 5) is 87.2. The van der Waals surface area contributed by atoms with Crippen LogP contribution in [0.15, 0.2) is 79.1 Å². The Morgan fingerprint density at radius 1 is 0.685 bits per heavy atom. The van der Waals surface area contributed by atoms with Crippen LogP contribution in [0.4, 0.5) is 44.7 Å². The van der Waals surface area contributed by atoms with E-state index in [1.165, 1.54) is 38.7 Å². The number of alkyl carbamates (subject to hydrolysis) is 1. The maximum atomic E-state index is 15.8. The molecule has 2 aliphatic heterocycles. The summed E-state index contributed by atoms with van der Waals surface area (Å²) in [5.41, 5.74) is 2.71. The predicted octanol–water partition coefficient (Wildman–Crippen LogP) is 7.77. The molecular formula is C46H46F8N8O11. The second-order valence-electron chi connectivity index (χ2n) is 16.1. The lowest BCUT2D eigenvalue weighted by Gasteiger charge is -2.30. The summed E-state index contributed by atoms with van der Waals surface area (Å²) in [6.07, 6.45) is -7.42. The number of hydrogen-bond acceptors (Lipinski definition) is 10. The van der Waals surface area contributed by atoms with Gasteiger partial charge in [0.05, 0.1) is 49.1 Å². The number of carboxylic acids is 2. The van der Waals surface area contributed by atoms with Gasteiger partial charge >= 0.3 is 36.5 Å². The molecule has 0 unspecified atom stereocenters. The molecule has 2 aromatic heterocycles. The molecule has 0 bridgehead atoms.